The molecule has 0 heterocycles. The van der Waals surface area contributed by atoms with Gasteiger partial charge in [-0.2, -0.15) is 0 Å². The summed E-state index contributed by atoms with van der Waals surface area (Å²) < 4.78 is 6.11. The van der Waals surface area contributed by atoms with Gasteiger partial charge in [0.15, 0.2) is 0 Å². The molecular weight excluding hydrogens is 349 g/mol. The van der Waals surface area contributed by atoms with Crippen molar-refractivity contribution in [3.63, 3.8) is 0 Å². The van der Waals surface area contributed by atoms with Gasteiger partial charge >= 0.3 is 0 Å². The molecule has 0 bridgehead atoms. The van der Waals surface area contributed by atoms with E-state index < -0.39 is 0 Å². The fourth-order valence-corrected chi connectivity index (χ4v) is 2.73. The van der Waals surface area contributed by atoms with Gasteiger partial charge in [-0.25, -0.2) is 0 Å². The molecule has 0 radical (unpaired) electrons. The van der Waals surface area contributed by atoms with Gasteiger partial charge < -0.3 is 10.5 Å². The first-order valence-electron chi connectivity index (χ1n) is 5.57. The lowest BCUT2D eigenvalue weighted by molar-refractivity contribution is 0.414. The van der Waals surface area contributed by atoms with Gasteiger partial charge in [0.2, 0.25) is 0 Å². The molecule has 0 amide bonds. The van der Waals surface area contributed by atoms with E-state index in [-0.39, 0.29) is 6.04 Å². The normalized spacial score (nSPS) is 12.3. The van der Waals surface area contributed by atoms with E-state index in [0.717, 1.165) is 21.3 Å². The lowest BCUT2D eigenvalue weighted by Gasteiger charge is -2.17. The molecule has 1 atom stereocenters. The van der Waals surface area contributed by atoms with Gasteiger partial charge in [0.1, 0.15) is 5.75 Å². The molecule has 0 saturated heterocycles. The van der Waals surface area contributed by atoms with Crippen molar-refractivity contribution in [1.82, 2.24) is 0 Å². The summed E-state index contributed by atoms with van der Waals surface area (Å²) in [5.74, 6) is 0.742. The minimum Gasteiger partial charge on any atom is -0.497 e. The van der Waals surface area contributed by atoms with Crippen LogP contribution in [-0.4, -0.2) is 7.11 Å². The van der Waals surface area contributed by atoms with Crippen molar-refractivity contribution < 1.29 is 4.74 Å². The van der Waals surface area contributed by atoms with E-state index in [2.05, 4.69) is 15.9 Å². The lowest BCUT2D eigenvalue weighted by Crippen LogP contribution is -2.13. The second-order valence-electron chi connectivity index (χ2n) is 4.01. The highest BCUT2D eigenvalue weighted by molar-refractivity contribution is 9.10. The third kappa shape index (κ3) is 3.06. The summed E-state index contributed by atoms with van der Waals surface area (Å²) in [6.07, 6.45) is 0. The highest BCUT2D eigenvalue weighted by Crippen LogP contribution is 2.35. The van der Waals surface area contributed by atoms with Crippen LogP contribution in [0.5, 0.6) is 5.75 Å². The van der Waals surface area contributed by atoms with Crippen LogP contribution in [0.15, 0.2) is 40.9 Å². The second kappa shape index (κ2) is 6.14. The SMILES string of the molecule is COc1ccc(Br)c(C(N)c2cccc(Cl)c2Cl)c1. The van der Waals surface area contributed by atoms with E-state index in [1.54, 1.807) is 13.2 Å². The van der Waals surface area contributed by atoms with Crippen LogP contribution in [-0.2, 0) is 0 Å². The average molecular weight is 361 g/mol. The van der Waals surface area contributed by atoms with Crippen molar-refractivity contribution in [1.29, 1.82) is 0 Å². The van der Waals surface area contributed by atoms with E-state index in [1.165, 1.54) is 0 Å². The number of halogens is 3. The molecular formula is C14H12BrCl2NO. The highest BCUT2D eigenvalue weighted by atomic mass is 79.9. The van der Waals surface area contributed by atoms with Crippen LogP contribution in [0.4, 0.5) is 0 Å². The quantitative estimate of drug-likeness (QED) is 0.852. The smallest absolute Gasteiger partial charge is 0.119 e. The maximum absolute atomic E-state index is 6.28. The molecule has 2 aromatic carbocycles. The number of ether oxygens (including phenoxy) is 1. The maximum atomic E-state index is 6.28. The van der Waals surface area contributed by atoms with E-state index in [4.69, 9.17) is 33.7 Å². The van der Waals surface area contributed by atoms with Crippen molar-refractivity contribution in [3.05, 3.63) is 62.0 Å². The molecule has 0 aliphatic carbocycles. The minimum atomic E-state index is -0.379. The summed E-state index contributed by atoms with van der Waals surface area (Å²) in [6, 6.07) is 10.7. The Morgan fingerprint density at radius 3 is 2.58 bits per heavy atom. The Morgan fingerprint density at radius 1 is 1.16 bits per heavy atom. The number of hydrogen-bond acceptors (Lipinski definition) is 2. The standard InChI is InChI=1S/C14H12BrCl2NO/c1-19-8-5-6-11(15)10(7-8)14(18)9-3-2-4-12(16)13(9)17/h2-7,14H,18H2,1H3. The lowest BCUT2D eigenvalue weighted by atomic mass is 9.99. The Kier molecular flexibility index (Phi) is 4.74. The van der Waals surface area contributed by atoms with Gasteiger partial charge in [0.05, 0.1) is 23.2 Å². The summed E-state index contributed by atoms with van der Waals surface area (Å²) in [5.41, 5.74) is 7.95. The fraction of sp³-hybridized carbons (Fsp3) is 0.143. The Balaban J connectivity index is 2.49. The van der Waals surface area contributed by atoms with E-state index in [1.807, 2.05) is 30.3 Å². The van der Waals surface area contributed by atoms with Crippen LogP contribution in [0.25, 0.3) is 0 Å². The molecule has 0 aliphatic heterocycles. The minimum absolute atomic E-state index is 0.379. The summed E-state index contributed by atoms with van der Waals surface area (Å²) in [6.45, 7) is 0. The van der Waals surface area contributed by atoms with Crippen LogP contribution in [0, 0.1) is 0 Å². The Labute approximate surface area is 130 Å². The van der Waals surface area contributed by atoms with Crippen molar-refractivity contribution >= 4 is 39.1 Å². The Bertz CT molecular complexity index is 604. The van der Waals surface area contributed by atoms with Crippen LogP contribution >= 0.6 is 39.1 Å². The molecule has 2 rings (SSSR count). The average Bonchev–Trinajstić information content (AvgIpc) is 2.42. The van der Waals surface area contributed by atoms with Gasteiger partial charge in [0, 0.05) is 4.47 Å². The molecule has 0 spiro atoms. The summed E-state index contributed by atoms with van der Waals surface area (Å²) >= 11 is 15.7. The zero-order valence-corrected chi connectivity index (χ0v) is 13.3. The third-order valence-corrected chi connectivity index (χ3v) is 4.41. The Hall–Kier alpha value is -0.740. The zero-order valence-electron chi connectivity index (χ0n) is 10.2. The molecule has 2 aromatic rings. The first-order chi connectivity index (χ1) is 9.04. The van der Waals surface area contributed by atoms with Crippen LogP contribution < -0.4 is 10.5 Å². The summed E-state index contributed by atoms with van der Waals surface area (Å²) in [5, 5.41) is 0.972. The predicted octanol–water partition coefficient (Wildman–Crippen LogP) is 4.81. The fourth-order valence-electron chi connectivity index (χ4n) is 1.82. The van der Waals surface area contributed by atoms with E-state index in [0.29, 0.717) is 10.0 Å². The van der Waals surface area contributed by atoms with E-state index in [9.17, 15) is 0 Å². The van der Waals surface area contributed by atoms with Gasteiger partial charge in [-0.15, -0.1) is 0 Å². The van der Waals surface area contributed by atoms with Crippen molar-refractivity contribution in [3.8, 4) is 5.75 Å². The van der Waals surface area contributed by atoms with Crippen LogP contribution in [0.3, 0.4) is 0 Å². The maximum Gasteiger partial charge on any atom is 0.119 e. The Morgan fingerprint density at radius 2 is 1.89 bits per heavy atom. The first-order valence-corrected chi connectivity index (χ1v) is 7.12. The zero-order chi connectivity index (χ0) is 14.0. The molecule has 0 aliphatic rings. The van der Waals surface area contributed by atoms with Crippen molar-refractivity contribution in [2.75, 3.05) is 7.11 Å². The summed E-state index contributed by atoms with van der Waals surface area (Å²) in [7, 11) is 1.62. The largest absolute Gasteiger partial charge is 0.497 e. The molecule has 0 fully saturated rings. The van der Waals surface area contributed by atoms with E-state index >= 15 is 0 Å². The summed E-state index contributed by atoms with van der Waals surface area (Å²) in [4.78, 5) is 0. The van der Waals surface area contributed by atoms with Gasteiger partial charge in [-0.05, 0) is 35.4 Å². The van der Waals surface area contributed by atoms with Gasteiger partial charge in [-0.1, -0.05) is 51.3 Å². The molecule has 2 nitrogen and oxygen atoms in total. The molecule has 0 saturated carbocycles. The highest BCUT2D eigenvalue weighted by Gasteiger charge is 2.17. The molecule has 2 N–H and O–H groups in total. The molecule has 0 aromatic heterocycles. The van der Waals surface area contributed by atoms with Crippen molar-refractivity contribution in [2.24, 2.45) is 5.73 Å². The predicted molar refractivity (Wildman–Crippen MR) is 83.2 cm³/mol. The van der Waals surface area contributed by atoms with Gasteiger partial charge in [-0.3, -0.25) is 0 Å². The number of nitrogens with two attached hydrogens (primary N) is 1. The van der Waals surface area contributed by atoms with Crippen LogP contribution in [0.2, 0.25) is 10.0 Å². The number of methoxy groups -OCH3 is 1. The van der Waals surface area contributed by atoms with Crippen molar-refractivity contribution in [2.45, 2.75) is 6.04 Å². The molecule has 5 heteroatoms. The third-order valence-electron chi connectivity index (χ3n) is 2.85. The first kappa shape index (κ1) is 14.7. The molecule has 100 valence electrons. The monoisotopic (exact) mass is 359 g/mol. The molecule has 1 unspecified atom stereocenters. The number of benzene rings is 2. The van der Waals surface area contributed by atoms with Crippen LogP contribution in [0.1, 0.15) is 17.2 Å². The molecule has 19 heavy (non-hydrogen) atoms. The topological polar surface area (TPSA) is 35.2 Å². The second-order valence-corrected chi connectivity index (χ2v) is 5.65. The van der Waals surface area contributed by atoms with Gasteiger partial charge in [0.25, 0.3) is 0 Å². The number of hydrogen-bond donors (Lipinski definition) is 1. The number of rotatable bonds is 3.